The summed E-state index contributed by atoms with van der Waals surface area (Å²) in [6.45, 7) is 4.96. The Morgan fingerprint density at radius 2 is 1.72 bits per heavy atom. The second-order valence-electron chi connectivity index (χ2n) is 7.45. The SMILES string of the molecule is Cc1ccc(Nc2cc(C)nc(NCCNC(=O)c3ccc(-c4cccs4)cc3)n2)cc1. The average Bonchev–Trinajstić information content (AvgIpc) is 3.33. The van der Waals surface area contributed by atoms with Crippen LogP contribution in [0, 0.1) is 13.8 Å². The zero-order valence-corrected chi connectivity index (χ0v) is 18.9. The van der Waals surface area contributed by atoms with Crippen molar-refractivity contribution in [1.29, 1.82) is 0 Å². The fourth-order valence-electron chi connectivity index (χ4n) is 3.18. The number of aryl methyl sites for hydroxylation is 2. The maximum absolute atomic E-state index is 12.4. The third-order valence-electron chi connectivity index (χ3n) is 4.82. The van der Waals surface area contributed by atoms with E-state index in [-0.39, 0.29) is 5.91 Å². The molecule has 0 radical (unpaired) electrons. The first kappa shape index (κ1) is 21.5. The Morgan fingerprint density at radius 3 is 2.44 bits per heavy atom. The number of nitrogens with one attached hydrogen (secondary N) is 3. The summed E-state index contributed by atoms with van der Waals surface area (Å²) in [5.41, 5.74) is 4.79. The van der Waals surface area contributed by atoms with Gasteiger partial charge in [-0.05, 0) is 55.1 Å². The molecule has 0 bridgehead atoms. The van der Waals surface area contributed by atoms with Crippen LogP contribution >= 0.6 is 11.3 Å². The summed E-state index contributed by atoms with van der Waals surface area (Å²) < 4.78 is 0. The molecule has 0 saturated heterocycles. The minimum Gasteiger partial charge on any atom is -0.352 e. The van der Waals surface area contributed by atoms with Gasteiger partial charge in [-0.3, -0.25) is 4.79 Å². The highest BCUT2D eigenvalue weighted by Gasteiger charge is 2.07. The monoisotopic (exact) mass is 443 g/mol. The lowest BCUT2D eigenvalue weighted by Gasteiger charge is -2.11. The fraction of sp³-hybridized carbons (Fsp3) is 0.160. The van der Waals surface area contributed by atoms with Crippen LogP contribution in [0.2, 0.25) is 0 Å². The van der Waals surface area contributed by atoms with Crippen molar-refractivity contribution in [3.05, 3.63) is 88.9 Å². The van der Waals surface area contributed by atoms with E-state index in [4.69, 9.17) is 0 Å². The van der Waals surface area contributed by atoms with E-state index >= 15 is 0 Å². The molecule has 2 heterocycles. The number of rotatable bonds is 8. The van der Waals surface area contributed by atoms with Crippen LogP contribution in [0.5, 0.6) is 0 Å². The van der Waals surface area contributed by atoms with Crippen LogP contribution in [0.15, 0.2) is 72.1 Å². The Labute approximate surface area is 191 Å². The van der Waals surface area contributed by atoms with Gasteiger partial charge >= 0.3 is 0 Å². The summed E-state index contributed by atoms with van der Waals surface area (Å²) in [4.78, 5) is 22.5. The zero-order valence-electron chi connectivity index (χ0n) is 18.1. The van der Waals surface area contributed by atoms with Gasteiger partial charge in [0.2, 0.25) is 5.95 Å². The van der Waals surface area contributed by atoms with Crippen molar-refractivity contribution >= 4 is 34.7 Å². The Hall–Kier alpha value is -3.71. The van der Waals surface area contributed by atoms with E-state index in [1.807, 2.05) is 73.0 Å². The van der Waals surface area contributed by atoms with Gasteiger partial charge in [-0.15, -0.1) is 11.3 Å². The first-order valence-electron chi connectivity index (χ1n) is 10.4. The lowest BCUT2D eigenvalue weighted by molar-refractivity contribution is 0.0955. The zero-order chi connectivity index (χ0) is 22.3. The highest BCUT2D eigenvalue weighted by Crippen LogP contribution is 2.24. The molecule has 0 spiro atoms. The molecule has 1 amide bonds. The van der Waals surface area contributed by atoms with E-state index < -0.39 is 0 Å². The molecule has 0 atom stereocenters. The van der Waals surface area contributed by atoms with Crippen molar-refractivity contribution in [3.63, 3.8) is 0 Å². The first-order chi connectivity index (χ1) is 15.6. The number of thiophene rings is 1. The van der Waals surface area contributed by atoms with E-state index in [0.29, 0.717) is 24.6 Å². The number of hydrogen-bond acceptors (Lipinski definition) is 6. The third-order valence-corrected chi connectivity index (χ3v) is 5.74. The molecule has 0 saturated carbocycles. The number of nitrogens with zero attached hydrogens (tertiary/aromatic N) is 2. The van der Waals surface area contributed by atoms with Crippen molar-refractivity contribution in [2.75, 3.05) is 23.7 Å². The van der Waals surface area contributed by atoms with Gasteiger partial charge in [0.25, 0.3) is 5.91 Å². The number of carbonyl (C=O) groups is 1. The molecule has 6 nitrogen and oxygen atoms in total. The number of amides is 1. The molecule has 0 unspecified atom stereocenters. The topological polar surface area (TPSA) is 78.9 Å². The molecule has 2 aromatic heterocycles. The maximum atomic E-state index is 12.4. The van der Waals surface area contributed by atoms with Crippen LogP contribution in [0.25, 0.3) is 10.4 Å². The van der Waals surface area contributed by atoms with Crippen LogP contribution in [-0.4, -0.2) is 29.0 Å². The largest absolute Gasteiger partial charge is 0.352 e. The Balaban J connectivity index is 1.28. The van der Waals surface area contributed by atoms with Crippen molar-refractivity contribution in [2.24, 2.45) is 0 Å². The summed E-state index contributed by atoms with van der Waals surface area (Å²) in [7, 11) is 0. The van der Waals surface area contributed by atoms with Crippen LogP contribution in [0.4, 0.5) is 17.5 Å². The van der Waals surface area contributed by atoms with Crippen LogP contribution in [0.3, 0.4) is 0 Å². The second-order valence-corrected chi connectivity index (χ2v) is 8.39. The predicted octanol–water partition coefficient (Wildman–Crippen LogP) is 5.41. The van der Waals surface area contributed by atoms with Gasteiger partial charge in [0, 0.05) is 41.0 Å². The van der Waals surface area contributed by atoms with Gasteiger partial charge in [0.15, 0.2) is 0 Å². The van der Waals surface area contributed by atoms with Gasteiger partial charge in [-0.2, -0.15) is 4.98 Å². The van der Waals surface area contributed by atoms with Crippen molar-refractivity contribution in [2.45, 2.75) is 13.8 Å². The first-order valence-corrected chi connectivity index (χ1v) is 11.3. The highest BCUT2D eigenvalue weighted by molar-refractivity contribution is 7.13. The van der Waals surface area contributed by atoms with Crippen molar-refractivity contribution in [1.82, 2.24) is 15.3 Å². The van der Waals surface area contributed by atoms with Crippen LogP contribution in [0.1, 0.15) is 21.6 Å². The second kappa shape index (κ2) is 10.1. The number of hydrogen-bond donors (Lipinski definition) is 3. The number of aromatic nitrogens is 2. The Bertz CT molecular complexity index is 1170. The Kier molecular flexibility index (Phi) is 6.77. The van der Waals surface area contributed by atoms with E-state index in [2.05, 4.69) is 38.9 Å². The lowest BCUT2D eigenvalue weighted by atomic mass is 10.1. The Morgan fingerprint density at radius 1 is 0.938 bits per heavy atom. The predicted molar refractivity (Wildman–Crippen MR) is 132 cm³/mol. The fourth-order valence-corrected chi connectivity index (χ4v) is 3.91. The molecule has 2 aromatic carbocycles. The van der Waals surface area contributed by atoms with Crippen molar-refractivity contribution in [3.8, 4) is 10.4 Å². The average molecular weight is 444 g/mol. The van der Waals surface area contributed by atoms with Gasteiger partial charge in [0.05, 0.1) is 0 Å². The summed E-state index contributed by atoms with van der Waals surface area (Å²) in [5, 5.41) is 11.4. The molecule has 32 heavy (non-hydrogen) atoms. The molecule has 7 heteroatoms. The highest BCUT2D eigenvalue weighted by atomic mass is 32.1. The third kappa shape index (κ3) is 5.70. The maximum Gasteiger partial charge on any atom is 0.251 e. The molecule has 0 aliphatic heterocycles. The smallest absolute Gasteiger partial charge is 0.251 e. The molecule has 0 aliphatic carbocycles. The molecule has 4 rings (SSSR count). The summed E-state index contributed by atoms with van der Waals surface area (Å²) in [6.07, 6.45) is 0. The molecular weight excluding hydrogens is 418 g/mol. The summed E-state index contributed by atoms with van der Waals surface area (Å²) >= 11 is 1.68. The minimum absolute atomic E-state index is 0.101. The number of carbonyl (C=O) groups excluding carboxylic acids is 1. The lowest BCUT2D eigenvalue weighted by Crippen LogP contribution is -2.29. The van der Waals surface area contributed by atoms with Gasteiger partial charge in [-0.1, -0.05) is 35.9 Å². The molecule has 0 aliphatic rings. The van der Waals surface area contributed by atoms with E-state index in [0.717, 1.165) is 22.8 Å². The minimum atomic E-state index is -0.101. The van der Waals surface area contributed by atoms with E-state index in [9.17, 15) is 4.79 Å². The molecule has 4 aromatic rings. The van der Waals surface area contributed by atoms with Crippen molar-refractivity contribution < 1.29 is 4.79 Å². The number of anilines is 3. The molecule has 162 valence electrons. The van der Waals surface area contributed by atoms with E-state index in [1.165, 1.54) is 10.4 Å². The van der Waals surface area contributed by atoms with Gasteiger partial charge in [0.1, 0.15) is 5.82 Å². The molecule has 0 fully saturated rings. The van der Waals surface area contributed by atoms with Crippen LogP contribution in [-0.2, 0) is 0 Å². The molecular formula is C25H25N5OS. The van der Waals surface area contributed by atoms with Gasteiger partial charge in [-0.25, -0.2) is 4.98 Å². The normalized spacial score (nSPS) is 10.6. The number of benzene rings is 2. The summed E-state index contributed by atoms with van der Waals surface area (Å²) in [6, 6.07) is 21.8. The van der Waals surface area contributed by atoms with E-state index in [1.54, 1.807) is 11.3 Å². The quantitative estimate of drug-likeness (QED) is 0.318. The summed E-state index contributed by atoms with van der Waals surface area (Å²) in [5.74, 6) is 1.14. The standard InChI is InChI=1S/C25H25N5OS/c1-17-5-11-21(12-6-17)29-23-16-18(2)28-25(30-23)27-14-13-26-24(31)20-9-7-19(8-10-20)22-4-3-15-32-22/h3-12,15-16H,13-14H2,1-2H3,(H,26,31)(H2,27,28,29,30). The molecule has 3 N–H and O–H groups in total. The van der Waals surface area contributed by atoms with Crippen LogP contribution < -0.4 is 16.0 Å². The van der Waals surface area contributed by atoms with Gasteiger partial charge < -0.3 is 16.0 Å².